The van der Waals surface area contributed by atoms with Crippen molar-refractivity contribution < 1.29 is 19.4 Å². The van der Waals surface area contributed by atoms with Crippen LogP contribution in [0.25, 0.3) is 0 Å². The molecule has 0 saturated heterocycles. The molecule has 0 aliphatic rings. The Kier molecular flexibility index (Phi) is 37.3. The predicted octanol–water partition coefficient (Wildman–Crippen LogP) is 14.0. The minimum absolute atomic E-state index is 0.148. The zero-order valence-electron chi connectivity index (χ0n) is 31.9. The van der Waals surface area contributed by atoms with E-state index in [1.54, 1.807) is 0 Å². The molecule has 1 N–H and O–H groups in total. The van der Waals surface area contributed by atoms with E-state index in [4.69, 9.17) is 9.84 Å². The van der Waals surface area contributed by atoms with Gasteiger partial charge < -0.3 is 9.84 Å². The number of ether oxygens (including phenoxy) is 1. The summed E-state index contributed by atoms with van der Waals surface area (Å²) >= 11 is 0. The van der Waals surface area contributed by atoms with Gasteiger partial charge in [0.05, 0.1) is 0 Å². The van der Waals surface area contributed by atoms with Gasteiger partial charge in [-0.1, -0.05) is 156 Å². The first kappa shape index (κ1) is 46.6. The Balaban J connectivity index is 4.06. The Hall–Kier alpha value is -3.40. The molecular formula is C46H72O4. The fourth-order valence-electron chi connectivity index (χ4n) is 5.12. The van der Waals surface area contributed by atoms with Crippen molar-refractivity contribution in [1.82, 2.24) is 0 Å². The summed E-state index contributed by atoms with van der Waals surface area (Å²) in [5, 5.41) is 8.94. The molecule has 0 rings (SSSR count). The number of carbonyl (C=O) groups is 2. The number of carboxylic acid groups (broad SMARTS) is 1. The molecule has 50 heavy (non-hydrogen) atoms. The molecule has 1 unspecified atom stereocenters. The minimum atomic E-state index is -0.782. The van der Waals surface area contributed by atoms with E-state index >= 15 is 0 Å². The van der Waals surface area contributed by atoms with Gasteiger partial charge in [0.1, 0.15) is 6.10 Å². The van der Waals surface area contributed by atoms with E-state index in [1.165, 1.54) is 38.5 Å². The molecule has 0 spiro atoms. The Labute approximate surface area is 307 Å². The molecule has 0 fully saturated rings. The molecule has 280 valence electrons. The Morgan fingerprint density at radius 1 is 0.460 bits per heavy atom. The highest BCUT2D eigenvalue weighted by Gasteiger charge is 2.11. The van der Waals surface area contributed by atoms with Crippen LogP contribution >= 0.6 is 0 Å². The fraction of sp³-hybridized carbons (Fsp3) is 0.565. The zero-order valence-corrected chi connectivity index (χ0v) is 31.9. The molecule has 4 nitrogen and oxygen atoms in total. The van der Waals surface area contributed by atoms with E-state index in [0.717, 1.165) is 83.5 Å². The van der Waals surface area contributed by atoms with Crippen LogP contribution in [0.2, 0.25) is 0 Å². The van der Waals surface area contributed by atoms with Gasteiger partial charge in [-0.15, -0.1) is 0 Å². The first-order valence-electron chi connectivity index (χ1n) is 19.9. The van der Waals surface area contributed by atoms with Gasteiger partial charge in [-0.05, 0) is 102 Å². The van der Waals surface area contributed by atoms with Crippen molar-refractivity contribution in [3.63, 3.8) is 0 Å². The van der Waals surface area contributed by atoms with Crippen molar-refractivity contribution in [2.45, 2.75) is 168 Å². The first-order valence-corrected chi connectivity index (χ1v) is 19.9. The predicted molar refractivity (Wildman–Crippen MR) is 217 cm³/mol. The molecule has 0 aromatic rings. The van der Waals surface area contributed by atoms with Gasteiger partial charge in [-0.3, -0.25) is 9.59 Å². The quantitative estimate of drug-likeness (QED) is 0.0415. The van der Waals surface area contributed by atoms with Gasteiger partial charge in [0, 0.05) is 12.8 Å². The lowest BCUT2D eigenvalue weighted by atomic mass is 10.1. The maximum absolute atomic E-state index is 12.5. The zero-order chi connectivity index (χ0) is 36.4. The Bertz CT molecular complexity index is 1050. The van der Waals surface area contributed by atoms with Crippen molar-refractivity contribution in [2.24, 2.45) is 0 Å². The fourth-order valence-corrected chi connectivity index (χ4v) is 5.12. The minimum Gasteiger partial charge on any atom is -0.481 e. The number of hydrogen-bond donors (Lipinski definition) is 1. The highest BCUT2D eigenvalue weighted by molar-refractivity contribution is 5.69. The van der Waals surface area contributed by atoms with Gasteiger partial charge in [0.2, 0.25) is 0 Å². The van der Waals surface area contributed by atoms with Crippen molar-refractivity contribution in [2.75, 3.05) is 0 Å². The number of hydrogen-bond acceptors (Lipinski definition) is 3. The molecular weight excluding hydrogens is 617 g/mol. The van der Waals surface area contributed by atoms with Crippen molar-refractivity contribution in [3.8, 4) is 0 Å². The third-order valence-electron chi connectivity index (χ3n) is 7.97. The second-order valence-electron chi connectivity index (χ2n) is 12.7. The van der Waals surface area contributed by atoms with E-state index in [2.05, 4.69) is 111 Å². The summed E-state index contributed by atoms with van der Waals surface area (Å²) in [5.41, 5.74) is 0. The summed E-state index contributed by atoms with van der Waals surface area (Å²) in [7, 11) is 0. The topological polar surface area (TPSA) is 63.6 Å². The summed E-state index contributed by atoms with van der Waals surface area (Å²) in [4.78, 5) is 23.4. The molecule has 0 radical (unpaired) electrons. The van der Waals surface area contributed by atoms with Crippen LogP contribution < -0.4 is 0 Å². The molecule has 0 amide bonds. The van der Waals surface area contributed by atoms with E-state index in [0.29, 0.717) is 19.3 Å². The number of unbranched alkanes of at least 4 members (excludes halogenated alkanes) is 9. The monoisotopic (exact) mass is 689 g/mol. The lowest BCUT2D eigenvalue weighted by molar-refractivity contribution is -0.147. The molecule has 0 aromatic carbocycles. The summed E-state index contributed by atoms with van der Waals surface area (Å²) in [6, 6.07) is 0. The molecule has 0 aliphatic carbocycles. The maximum Gasteiger partial charge on any atom is 0.306 e. The third kappa shape index (κ3) is 39.0. The molecule has 0 aromatic heterocycles. The van der Waals surface area contributed by atoms with Crippen LogP contribution in [0, 0.1) is 0 Å². The maximum atomic E-state index is 12.5. The lowest BCUT2D eigenvalue weighted by Crippen LogP contribution is -2.16. The summed E-state index contributed by atoms with van der Waals surface area (Å²) in [6.07, 6.45) is 61.1. The average Bonchev–Trinajstić information content (AvgIpc) is 3.10. The molecule has 0 aliphatic heterocycles. The number of esters is 1. The second kappa shape index (κ2) is 40.0. The number of allylic oxidation sites excluding steroid dienone is 17. The smallest absolute Gasteiger partial charge is 0.306 e. The molecule has 0 heterocycles. The molecule has 0 bridgehead atoms. The van der Waals surface area contributed by atoms with Crippen LogP contribution in [0.4, 0.5) is 0 Å². The number of carbonyl (C=O) groups excluding carboxylic acids is 1. The van der Waals surface area contributed by atoms with Crippen molar-refractivity contribution in [1.29, 1.82) is 0 Å². The van der Waals surface area contributed by atoms with Crippen LogP contribution in [-0.2, 0) is 14.3 Å². The van der Waals surface area contributed by atoms with Gasteiger partial charge in [0.15, 0.2) is 0 Å². The van der Waals surface area contributed by atoms with Gasteiger partial charge in [-0.2, -0.15) is 0 Å². The number of carboxylic acids is 1. The SMILES string of the molecule is CC/C=C\C/C=C\C/C=C\C/C=C\C/C=C\C(CCCCC(=O)O)OC(=O)CCCCCCCCCC/C=C\C/C=C\C/C=C\C/C=C\CC. The van der Waals surface area contributed by atoms with Crippen LogP contribution in [-0.4, -0.2) is 23.1 Å². The van der Waals surface area contributed by atoms with Gasteiger partial charge in [-0.25, -0.2) is 0 Å². The van der Waals surface area contributed by atoms with E-state index in [9.17, 15) is 9.59 Å². The third-order valence-corrected chi connectivity index (χ3v) is 7.97. The van der Waals surface area contributed by atoms with E-state index in [-0.39, 0.29) is 18.5 Å². The Morgan fingerprint density at radius 3 is 1.30 bits per heavy atom. The number of rotatable bonds is 34. The molecule has 1 atom stereocenters. The average molecular weight is 689 g/mol. The molecule has 0 saturated carbocycles. The lowest BCUT2D eigenvalue weighted by Gasteiger charge is -2.14. The van der Waals surface area contributed by atoms with Crippen LogP contribution in [0.15, 0.2) is 109 Å². The van der Waals surface area contributed by atoms with Gasteiger partial charge >= 0.3 is 11.9 Å². The highest BCUT2D eigenvalue weighted by Crippen LogP contribution is 2.14. The first-order chi connectivity index (χ1) is 24.6. The second-order valence-corrected chi connectivity index (χ2v) is 12.7. The summed E-state index contributed by atoms with van der Waals surface area (Å²) < 4.78 is 5.78. The highest BCUT2D eigenvalue weighted by atomic mass is 16.5. The van der Waals surface area contributed by atoms with E-state index < -0.39 is 5.97 Å². The summed E-state index contributed by atoms with van der Waals surface area (Å²) in [6.45, 7) is 4.30. The summed E-state index contributed by atoms with van der Waals surface area (Å²) in [5.74, 6) is -0.930. The van der Waals surface area contributed by atoms with Crippen molar-refractivity contribution in [3.05, 3.63) is 109 Å². The van der Waals surface area contributed by atoms with Crippen LogP contribution in [0.1, 0.15) is 162 Å². The van der Waals surface area contributed by atoms with Gasteiger partial charge in [0.25, 0.3) is 0 Å². The normalized spacial score (nSPS) is 13.5. The van der Waals surface area contributed by atoms with E-state index in [1.807, 2.05) is 12.2 Å². The van der Waals surface area contributed by atoms with Crippen molar-refractivity contribution >= 4 is 11.9 Å². The van der Waals surface area contributed by atoms with Crippen LogP contribution in [0.5, 0.6) is 0 Å². The molecule has 4 heteroatoms. The Morgan fingerprint density at radius 2 is 0.840 bits per heavy atom. The largest absolute Gasteiger partial charge is 0.481 e. The standard InChI is InChI=1S/C46H72O4/c1-3-5-7-9-11-13-15-17-19-20-21-22-23-24-25-27-29-31-33-35-37-43-46(49)50-44(41-38-39-42-45(47)48)40-36-34-32-30-28-26-18-16-14-12-10-8-6-4-2/h5-8,11-14,17-19,21-22,26,30,32,36,40,44H,3-4,9-10,15-16,20,23-25,27-29,31,33-35,37-39,41-43H2,1-2H3,(H,47,48)/b7-5-,8-6-,13-11-,14-12-,19-17-,22-21-,26-18-,32-30-,40-36-. The number of aliphatic carboxylic acids is 1. The van der Waals surface area contributed by atoms with Crippen LogP contribution in [0.3, 0.4) is 0 Å².